The van der Waals surface area contributed by atoms with Gasteiger partial charge in [0.1, 0.15) is 11.6 Å². The number of carbonyl (C=O) groups excluding carboxylic acids is 1. The number of methoxy groups -OCH3 is 1. The third kappa shape index (κ3) is 2.31. The number of rotatable bonds is 3. The molecule has 0 aliphatic carbocycles. The number of hydrogen-bond acceptors (Lipinski definition) is 4. The molecule has 0 atom stereocenters. The molecular weight excluding hydrogens is 276 g/mol. The highest BCUT2D eigenvalue weighted by Crippen LogP contribution is 2.29. The summed E-state index contributed by atoms with van der Waals surface area (Å²) in [7, 11) is 1.61. The Balaban J connectivity index is 2.17. The van der Waals surface area contributed by atoms with Crippen molar-refractivity contribution in [2.75, 3.05) is 25.1 Å². The molecule has 0 amide bonds. The van der Waals surface area contributed by atoms with Crippen LogP contribution in [0.1, 0.15) is 23.2 Å². The number of pyridine rings is 1. The van der Waals surface area contributed by atoms with Gasteiger partial charge in [-0.2, -0.15) is 0 Å². The van der Waals surface area contributed by atoms with Gasteiger partial charge in [0.15, 0.2) is 0 Å². The Labute approximate surface area is 122 Å². The van der Waals surface area contributed by atoms with E-state index in [0.717, 1.165) is 42.6 Å². The number of hydrogen-bond donors (Lipinski definition) is 0. The van der Waals surface area contributed by atoms with Crippen LogP contribution in [0, 0.1) is 0 Å². The van der Waals surface area contributed by atoms with Gasteiger partial charge in [-0.15, -0.1) is 0 Å². The second-order valence-corrected chi connectivity index (χ2v) is 5.23. The van der Waals surface area contributed by atoms with E-state index in [2.05, 4.69) is 9.88 Å². The van der Waals surface area contributed by atoms with E-state index in [9.17, 15) is 4.79 Å². The first-order valence-electron chi connectivity index (χ1n) is 6.62. The van der Waals surface area contributed by atoms with E-state index in [-0.39, 0.29) is 0 Å². The van der Waals surface area contributed by atoms with Crippen molar-refractivity contribution in [1.82, 2.24) is 4.98 Å². The summed E-state index contributed by atoms with van der Waals surface area (Å²) in [5, 5.41) is 0.389. The van der Waals surface area contributed by atoms with Gasteiger partial charge in [-0.25, -0.2) is 4.98 Å². The van der Waals surface area contributed by atoms with Gasteiger partial charge in [-0.1, -0.05) is 0 Å². The summed E-state index contributed by atoms with van der Waals surface area (Å²) in [6.07, 6.45) is 2.25. The minimum Gasteiger partial charge on any atom is -0.497 e. The molecule has 1 aromatic heterocycles. The van der Waals surface area contributed by atoms with E-state index < -0.39 is 5.24 Å². The number of nitrogens with zero attached hydrogens (tertiary/aromatic N) is 2. The number of fused-ring (bicyclic) bond motifs is 1. The Hall–Kier alpha value is -1.81. The minimum absolute atomic E-state index is 0.467. The van der Waals surface area contributed by atoms with Crippen LogP contribution in [-0.4, -0.2) is 30.4 Å². The van der Waals surface area contributed by atoms with Crippen LogP contribution in [0.15, 0.2) is 24.3 Å². The Kier molecular flexibility index (Phi) is 3.49. The van der Waals surface area contributed by atoms with Crippen LogP contribution < -0.4 is 9.64 Å². The first-order chi connectivity index (χ1) is 9.69. The first kappa shape index (κ1) is 13.2. The smallest absolute Gasteiger partial charge is 0.256 e. The maximum Gasteiger partial charge on any atom is 0.256 e. The normalized spacial score (nSPS) is 14.8. The third-order valence-electron chi connectivity index (χ3n) is 3.62. The summed E-state index contributed by atoms with van der Waals surface area (Å²) >= 11 is 5.72. The molecule has 2 aromatic rings. The summed E-state index contributed by atoms with van der Waals surface area (Å²) in [5.74, 6) is 1.43. The lowest BCUT2D eigenvalue weighted by molar-refractivity contribution is 0.108. The molecule has 20 heavy (non-hydrogen) atoms. The maximum absolute atomic E-state index is 11.7. The van der Waals surface area contributed by atoms with Gasteiger partial charge < -0.3 is 9.64 Å². The number of halogens is 1. The highest BCUT2D eigenvalue weighted by atomic mass is 35.5. The molecular formula is C15H15ClN2O2. The van der Waals surface area contributed by atoms with Crippen molar-refractivity contribution in [3.8, 4) is 5.75 Å². The van der Waals surface area contributed by atoms with E-state index in [1.807, 2.05) is 18.2 Å². The molecule has 0 radical (unpaired) electrons. The monoisotopic (exact) mass is 290 g/mol. The van der Waals surface area contributed by atoms with E-state index in [0.29, 0.717) is 11.4 Å². The Morgan fingerprint density at radius 2 is 2.05 bits per heavy atom. The van der Waals surface area contributed by atoms with Crippen molar-refractivity contribution in [2.45, 2.75) is 12.8 Å². The van der Waals surface area contributed by atoms with Crippen molar-refractivity contribution in [3.05, 3.63) is 29.8 Å². The Morgan fingerprint density at radius 3 is 2.70 bits per heavy atom. The van der Waals surface area contributed by atoms with E-state index in [1.165, 1.54) is 0 Å². The number of ether oxygens (including phenoxy) is 1. The lowest BCUT2D eigenvalue weighted by atomic mass is 10.1. The molecule has 0 N–H and O–H groups in total. The van der Waals surface area contributed by atoms with E-state index in [4.69, 9.17) is 16.3 Å². The molecule has 3 rings (SSSR count). The fraction of sp³-hybridized carbons (Fsp3) is 0.333. The summed E-state index contributed by atoms with van der Waals surface area (Å²) in [6, 6.07) is 7.43. The lowest BCUT2D eigenvalue weighted by Gasteiger charge is -2.19. The lowest BCUT2D eigenvalue weighted by Crippen LogP contribution is -2.21. The van der Waals surface area contributed by atoms with Crippen molar-refractivity contribution >= 4 is 33.6 Å². The first-order valence-corrected chi connectivity index (χ1v) is 7.00. The van der Waals surface area contributed by atoms with Crippen LogP contribution in [0.4, 0.5) is 5.82 Å². The fourth-order valence-corrected chi connectivity index (χ4v) is 2.73. The largest absolute Gasteiger partial charge is 0.497 e. The van der Waals surface area contributed by atoms with Crippen molar-refractivity contribution in [1.29, 1.82) is 0 Å². The average Bonchev–Trinajstić information content (AvgIpc) is 2.99. The maximum atomic E-state index is 11.7. The summed E-state index contributed by atoms with van der Waals surface area (Å²) in [5.41, 5.74) is 1.31. The molecule has 0 spiro atoms. The quantitative estimate of drug-likeness (QED) is 0.814. The topological polar surface area (TPSA) is 42.4 Å². The van der Waals surface area contributed by atoms with Crippen LogP contribution >= 0.6 is 11.6 Å². The van der Waals surface area contributed by atoms with Crippen LogP contribution in [0.25, 0.3) is 10.9 Å². The van der Waals surface area contributed by atoms with Gasteiger partial charge in [0.05, 0.1) is 18.2 Å². The fourth-order valence-electron chi connectivity index (χ4n) is 2.59. The standard InChI is InChI=1S/C15H15ClN2O2/c1-20-11-4-5-13-10(8-11)9-12(14(16)19)15(17-13)18-6-2-3-7-18/h4-5,8-9H,2-3,6-7H2,1H3. The van der Waals surface area contributed by atoms with Gasteiger partial charge in [-0.05, 0) is 48.7 Å². The van der Waals surface area contributed by atoms with Crippen LogP contribution in [0.3, 0.4) is 0 Å². The molecule has 0 bridgehead atoms. The molecule has 2 heterocycles. The van der Waals surface area contributed by atoms with E-state index >= 15 is 0 Å². The molecule has 0 unspecified atom stereocenters. The van der Waals surface area contributed by atoms with Gasteiger partial charge in [0.25, 0.3) is 5.24 Å². The molecule has 1 aromatic carbocycles. The zero-order chi connectivity index (χ0) is 14.1. The van der Waals surface area contributed by atoms with Gasteiger partial charge in [-0.3, -0.25) is 4.79 Å². The van der Waals surface area contributed by atoms with Crippen molar-refractivity contribution in [2.24, 2.45) is 0 Å². The zero-order valence-electron chi connectivity index (χ0n) is 11.2. The molecule has 0 saturated carbocycles. The predicted octanol–water partition coefficient (Wildman–Crippen LogP) is 3.22. The number of benzene rings is 1. The number of carbonyl (C=O) groups is 1. The molecule has 1 fully saturated rings. The molecule has 1 aliphatic rings. The SMILES string of the molecule is COc1ccc2nc(N3CCCC3)c(C(=O)Cl)cc2c1. The molecule has 5 heteroatoms. The van der Waals surface area contributed by atoms with Gasteiger partial charge >= 0.3 is 0 Å². The average molecular weight is 291 g/mol. The Bertz CT molecular complexity index is 666. The Morgan fingerprint density at radius 1 is 1.30 bits per heavy atom. The van der Waals surface area contributed by atoms with Crippen molar-refractivity contribution in [3.63, 3.8) is 0 Å². The van der Waals surface area contributed by atoms with Gasteiger partial charge in [0.2, 0.25) is 0 Å². The summed E-state index contributed by atoms with van der Waals surface area (Å²) in [4.78, 5) is 18.4. The molecule has 1 saturated heterocycles. The summed E-state index contributed by atoms with van der Waals surface area (Å²) < 4.78 is 5.20. The second-order valence-electron chi connectivity index (χ2n) is 4.89. The highest BCUT2D eigenvalue weighted by Gasteiger charge is 2.21. The molecule has 4 nitrogen and oxygen atoms in total. The van der Waals surface area contributed by atoms with Crippen molar-refractivity contribution < 1.29 is 9.53 Å². The second kappa shape index (κ2) is 5.29. The third-order valence-corrected chi connectivity index (χ3v) is 3.82. The van der Waals surface area contributed by atoms with Crippen LogP contribution in [-0.2, 0) is 0 Å². The summed E-state index contributed by atoms with van der Waals surface area (Å²) in [6.45, 7) is 1.84. The highest BCUT2D eigenvalue weighted by molar-refractivity contribution is 6.68. The molecule has 1 aliphatic heterocycles. The van der Waals surface area contributed by atoms with E-state index in [1.54, 1.807) is 13.2 Å². The zero-order valence-corrected chi connectivity index (χ0v) is 12.0. The van der Waals surface area contributed by atoms with Gasteiger partial charge in [0, 0.05) is 18.5 Å². The minimum atomic E-state index is -0.468. The van der Waals surface area contributed by atoms with Crippen LogP contribution in [0.5, 0.6) is 5.75 Å². The number of anilines is 1. The number of aromatic nitrogens is 1. The molecule has 104 valence electrons. The predicted molar refractivity (Wildman–Crippen MR) is 79.9 cm³/mol. The van der Waals surface area contributed by atoms with Crippen LogP contribution in [0.2, 0.25) is 0 Å².